The van der Waals surface area contributed by atoms with Gasteiger partial charge in [0.25, 0.3) is 0 Å². The van der Waals surface area contributed by atoms with Gasteiger partial charge in [0.1, 0.15) is 6.10 Å². The Bertz CT molecular complexity index is 120. The van der Waals surface area contributed by atoms with E-state index in [-0.39, 0.29) is 18.0 Å². The van der Waals surface area contributed by atoms with Crippen LogP contribution in [0.2, 0.25) is 0 Å². The summed E-state index contributed by atoms with van der Waals surface area (Å²) < 4.78 is 4.98. The van der Waals surface area contributed by atoms with Crippen molar-refractivity contribution in [2.45, 2.75) is 32.8 Å². The predicted octanol–water partition coefficient (Wildman–Crippen LogP) is 1.35. The molecule has 0 saturated carbocycles. The number of esters is 1. The highest BCUT2D eigenvalue weighted by atomic mass is 16.5. The van der Waals surface area contributed by atoms with Crippen LogP contribution in [0.25, 0.3) is 0 Å². The van der Waals surface area contributed by atoms with Crippen LogP contribution < -0.4 is 0 Å². The van der Waals surface area contributed by atoms with E-state index in [9.17, 15) is 4.79 Å². The van der Waals surface area contributed by atoms with Gasteiger partial charge in [-0.05, 0) is 12.8 Å². The largest absolute Gasteiger partial charge is 0.462 e. The number of carbonyl (C=O) groups excluding carboxylic acids is 1. The van der Waals surface area contributed by atoms with Crippen molar-refractivity contribution in [2.75, 3.05) is 0 Å². The highest BCUT2D eigenvalue weighted by Gasteiger charge is 2.29. The molecule has 0 spiro atoms. The second kappa shape index (κ2) is 2.38. The topological polar surface area (TPSA) is 26.3 Å². The van der Waals surface area contributed by atoms with Crippen LogP contribution in [-0.2, 0) is 9.53 Å². The SMILES string of the molecule is CCC1C[C@@H](C)C(=O)O1. The molecule has 1 aliphatic heterocycles. The van der Waals surface area contributed by atoms with Gasteiger partial charge in [0, 0.05) is 0 Å². The third-order valence-electron chi connectivity index (χ3n) is 1.76. The Morgan fingerprint density at radius 3 is 2.67 bits per heavy atom. The van der Waals surface area contributed by atoms with Crippen molar-refractivity contribution >= 4 is 5.97 Å². The van der Waals surface area contributed by atoms with E-state index >= 15 is 0 Å². The van der Waals surface area contributed by atoms with E-state index in [1.54, 1.807) is 0 Å². The van der Waals surface area contributed by atoms with E-state index in [2.05, 4.69) is 0 Å². The van der Waals surface area contributed by atoms with Gasteiger partial charge >= 0.3 is 5.97 Å². The molecule has 1 rings (SSSR count). The highest BCUT2D eigenvalue weighted by Crippen LogP contribution is 2.21. The van der Waals surface area contributed by atoms with Crippen LogP contribution in [0.1, 0.15) is 26.7 Å². The van der Waals surface area contributed by atoms with Crippen LogP contribution in [0.15, 0.2) is 0 Å². The van der Waals surface area contributed by atoms with Crippen LogP contribution >= 0.6 is 0 Å². The van der Waals surface area contributed by atoms with Crippen LogP contribution in [0.5, 0.6) is 0 Å². The molecule has 0 aromatic heterocycles. The van der Waals surface area contributed by atoms with Gasteiger partial charge < -0.3 is 4.74 Å². The Morgan fingerprint density at radius 1 is 1.78 bits per heavy atom. The van der Waals surface area contributed by atoms with Gasteiger partial charge in [-0.25, -0.2) is 0 Å². The molecular weight excluding hydrogens is 116 g/mol. The van der Waals surface area contributed by atoms with E-state index in [1.807, 2.05) is 13.8 Å². The fraction of sp³-hybridized carbons (Fsp3) is 0.857. The molecule has 52 valence electrons. The molecule has 0 N–H and O–H groups in total. The monoisotopic (exact) mass is 128 g/mol. The van der Waals surface area contributed by atoms with Crippen molar-refractivity contribution in [3.8, 4) is 0 Å². The summed E-state index contributed by atoms with van der Waals surface area (Å²) in [5.74, 6) is 0.108. The van der Waals surface area contributed by atoms with Crippen LogP contribution in [0.4, 0.5) is 0 Å². The van der Waals surface area contributed by atoms with Crippen molar-refractivity contribution in [1.29, 1.82) is 0 Å². The molecule has 2 nitrogen and oxygen atoms in total. The van der Waals surface area contributed by atoms with Gasteiger partial charge in [-0.15, -0.1) is 0 Å². The molecule has 0 bridgehead atoms. The number of rotatable bonds is 1. The van der Waals surface area contributed by atoms with Crippen LogP contribution in [-0.4, -0.2) is 12.1 Å². The standard InChI is InChI=1S/C7H12O2/c1-3-6-4-5(2)7(8)9-6/h5-6H,3-4H2,1-2H3/t5-,6?/m1/s1. The Labute approximate surface area is 55.2 Å². The average Bonchev–Trinajstić information content (AvgIpc) is 2.13. The van der Waals surface area contributed by atoms with Crippen molar-refractivity contribution in [3.63, 3.8) is 0 Å². The fourth-order valence-electron chi connectivity index (χ4n) is 1.07. The lowest BCUT2D eigenvalue weighted by atomic mass is 10.1. The quantitative estimate of drug-likeness (QED) is 0.498. The maximum atomic E-state index is 10.7. The zero-order valence-electron chi connectivity index (χ0n) is 5.89. The Hall–Kier alpha value is -0.530. The summed E-state index contributed by atoms with van der Waals surface area (Å²) in [5, 5.41) is 0. The molecule has 9 heavy (non-hydrogen) atoms. The first-order valence-electron chi connectivity index (χ1n) is 3.44. The summed E-state index contributed by atoms with van der Waals surface area (Å²) in [7, 11) is 0. The fourth-order valence-corrected chi connectivity index (χ4v) is 1.07. The highest BCUT2D eigenvalue weighted by molar-refractivity contribution is 5.74. The lowest BCUT2D eigenvalue weighted by molar-refractivity contribution is -0.143. The van der Waals surface area contributed by atoms with E-state index in [0.29, 0.717) is 0 Å². The van der Waals surface area contributed by atoms with Crippen molar-refractivity contribution in [1.82, 2.24) is 0 Å². The minimum Gasteiger partial charge on any atom is -0.462 e. The van der Waals surface area contributed by atoms with Gasteiger partial charge in [-0.2, -0.15) is 0 Å². The Kier molecular flexibility index (Phi) is 1.74. The third kappa shape index (κ3) is 1.23. The summed E-state index contributed by atoms with van der Waals surface area (Å²) in [6.07, 6.45) is 2.07. The maximum Gasteiger partial charge on any atom is 0.309 e. The van der Waals surface area contributed by atoms with E-state index in [4.69, 9.17) is 4.74 Å². The van der Waals surface area contributed by atoms with Gasteiger partial charge in [-0.1, -0.05) is 13.8 Å². The first-order valence-corrected chi connectivity index (χ1v) is 3.44. The minimum absolute atomic E-state index is 0.0261. The first-order chi connectivity index (χ1) is 4.24. The molecule has 1 aliphatic rings. The number of ether oxygens (including phenoxy) is 1. The molecule has 0 radical (unpaired) electrons. The summed E-state index contributed by atoms with van der Waals surface area (Å²) in [5.41, 5.74) is 0. The second-order valence-corrected chi connectivity index (χ2v) is 2.60. The zero-order chi connectivity index (χ0) is 6.85. The molecule has 2 atom stereocenters. The van der Waals surface area contributed by atoms with Gasteiger partial charge in [0.05, 0.1) is 5.92 Å². The zero-order valence-corrected chi connectivity index (χ0v) is 5.89. The minimum atomic E-state index is -0.0261. The van der Waals surface area contributed by atoms with Gasteiger partial charge in [0.2, 0.25) is 0 Å². The number of carbonyl (C=O) groups is 1. The normalized spacial score (nSPS) is 34.7. The summed E-state index contributed by atoms with van der Waals surface area (Å²) in [6.45, 7) is 3.95. The molecule has 1 fully saturated rings. The molecule has 0 aromatic rings. The van der Waals surface area contributed by atoms with Gasteiger partial charge in [-0.3, -0.25) is 4.79 Å². The molecule has 1 saturated heterocycles. The molecule has 0 aliphatic carbocycles. The van der Waals surface area contributed by atoms with Crippen molar-refractivity contribution in [2.24, 2.45) is 5.92 Å². The summed E-state index contributed by atoms with van der Waals surface area (Å²) in [4.78, 5) is 10.7. The van der Waals surface area contributed by atoms with Crippen LogP contribution in [0.3, 0.4) is 0 Å². The average molecular weight is 128 g/mol. The molecule has 1 heterocycles. The Morgan fingerprint density at radius 2 is 2.44 bits per heavy atom. The second-order valence-electron chi connectivity index (χ2n) is 2.60. The lowest BCUT2D eigenvalue weighted by Crippen LogP contribution is -2.04. The first kappa shape index (κ1) is 6.59. The van der Waals surface area contributed by atoms with E-state index < -0.39 is 0 Å². The molecule has 0 amide bonds. The van der Waals surface area contributed by atoms with Crippen molar-refractivity contribution < 1.29 is 9.53 Å². The number of cyclic esters (lactones) is 1. The summed E-state index contributed by atoms with van der Waals surface area (Å²) >= 11 is 0. The summed E-state index contributed by atoms with van der Waals surface area (Å²) in [6, 6.07) is 0. The molecule has 1 unspecified atom stereocenters. The third-order valence-corrected chi connectivity index (χ3v) is 1.76. The van der Waals surface area contributed by atoms with Gasteiger partial charge in [0.15, 0.2) is 0 Å². The van der Waals surface area contributed by atoms with Crippen LogP contribution in [0, 0.1) is 5.92 Å². The smallest absolute Gasteiger partial charge is 0.309 e. The number of hydrogen-bond donors (Lipinski definition) is 0. The maximum absolute atomic E-state index is 10.7. The van der Waals surface area contributed by atoms with Crippen molar-refractivity contribution in [3.05, 3.63) is 0 Å². The molecular formula is C7H12O2. The predicted molar refractivity (Wildman–Crippen MR) is 34.0 cm³/mol. The number of hydrogen-bond acceptors (Lipinski definition) is 2. The van der Waals surface area contributed by atoms with E-state index in [0.717, 1.165) is 12.8 Å². The molecule has 2 heteroatoms. The molecule has 0 aromatic carbocycles. The lowest BCUT2D eigenvalue weighted by Gasteiger charge is -2.01. The Balaban J connectivity index is 2.44. The van der Waals surface area contributed by atoms with E-state index in [1.165, 1.54) is 0 Å².